The molecule has 0 aromatic rings. The molecular weight excluding hydrogens is 304 g/mol. The van der Waals surface area contributed by atoms with Crippen LogP contribution in [-0.2, 0) is 0 Å². The van der Waals surface area contributed by atoms with E-state index in [0.29, 0.717) is 13.1 Å². The van der Waals surface area contributed by atoms with Gasteiger partial charge in [0.1, 0.15) is 12.6 Å². The topological polar surface area (TPSA) is 108 Å². The normalized spacial score (nSPS) is 12.1. The van der Waals surface area contributed by atoms with Gasteiger partial charge in [0, 0.05) is 52.4 Å². The third kappa shape index (κ3) is 32.1. The summed E-state index contributed by atoms with van der Waals surface area (Å²) in [4.78, 5) is 0. The first-order valence-electron chi connectivity index (χ1n) is 7.84. The molecule has 0 saturated heterocycles. The number of halogens is 1. The van der Waals surface area contributed by atoms with Crippen molar-refractivity contribution in [3.63, 3.8) is 0 Å². The summed E-state index contributed by atoms with van der Waals surface area (Å²) < 4.78 is 0.831. The van der Waals surface area contributed by atoms with E-state index < -0.39 is 0 Å². The van der Waals surface area contributed by atoms with Gasteiger partial charge in [0.05, 0.1) is 21.1 Å². The van der Waals surface area contributed by atoms with Crippen LogP contribution >= 0.6 is 0 Å². The Kier molecular flexibility index (Phi) is 23.3. The van der Waals surface area contributed by atoms with Crippen molar-refractivity contribution in [2.75, 3.05) is 80.0 Å². The summed E-state index contributed by atoms with van der Waals surface area (Å²) >= 11 is 0. The molecule has 7 nitrogen and oxygen atoms in total. The highest BCUT2D eigenvalue weighted by Crippen LogP contribution is 1.92. The highest BCUT2D eigenvalue weighted by molar-refractivity contribution is 4.54. The third-order valence-electron chi connectivity index (χ3n) is 2.41. The second kappa shape index (κ2) is 19.1. The average Bonchev–Trinajstić information content (AvgIpc) is 2.35. The van der Waals surface area contributed by atoms with Gasteiger partial charge in [-0.15, -0.1) is 0 Å². The van der Waals surface area contributed by atoms with E-state index in [1.165, 1.54) is 0 Å². The van der Waals surface area contributed by atoms with Crippen LogP contribution < -0.4 is 39.8 Å². The van der Waals surface area contributed by atoms with Crippen molar-refractivity contribution in [2.24, 2.45) is 11.5 Å². The molecule has 0 aromatic heterocycles. The lowest BCUT2D eigenvalue weighted by atomic mass is 10.3. The molecule has 0 fully saturated rings. The van der Waals surface area contributed by atoms with E-state index in [4.69, 9.17) is 16.6 Å². The third-order valence-corrected chi connectivity index (χ3v) is 2.41. The first-order chi connectivity index (χ1) is 9.83. The van der Waals surface area contributed by atoms with Gasteiger partial charge in [0.15, 0.2) is 0 Å². The van der Waals surface area contributed by atoms with Gasteiger partial charge in [-0.25, -0.2) is 0 Å². The largest absolute Gasteiger partial charge is 1.00 e. The van der Waals surface area contributed by atoms with Crippen LogP contribution in [-0.4, -0.2) is 95.7 Å². The van der Waals surface area contributed by atoms with E-state index in [-0.39, 0.29) is 18.5 Å². The molecule has 1 unspecified atom stereocenters. The Hall–Kier alpha value is 0.01000. The molecule has 138 valence electrons. The van der Waals surface area contributed by atoms with Gasteiger partial charge in [-0.1, -0.05) is 0 Å². The van der Waals surface area contributed by atoms with Crippen molar-refractivity contribution in [3.8, 4) is 0 Å². The van der Waals surface area contributed by atoms with Crippen LogP contribution in [0.1, 0.15) is 6.92 Å². The molecule has 0 aliphatic carbocycles. The summed E-state index contributed by atoms with van der Waals surface area (Å²) in [6.07, 6.45) is -0.185. The molecule has 0 spiro atoms. The van der Waals surface area contributed by atoms with Gasteiger partial charge in [0.2, 0.25) is 0 Å². The van der Waals surface area contributed by atoms with Crippen LogP contribution in [0.2, 0.25) is 0 Å². The Morgan fingerprint density at radius 1 is 0.818 bits per heavy atom. The lowest BCUT2D eigenvalue weighted by Crippen LogP contribution is -3.00. The molecule has 0 aromatic carbocycles. The van der Waals surface area contributed by atoms with Crippen LogP contribution in [0.25, 0.3) is 0 Å². The van der Waals surface area contributed by atoms with E-state index in [1.807, 2.05) is 6.92 Å². The fourth-order valence-electron chi connectivity index (χ4n) is 1.73. The van der Waals surface area contributed by atoms with Gasteiger partial charge in [-0.2, -0.15) is 0 Å². The standard InChI is InChI=1S/C8H23N5.C6H16NO.ClH/c9-1-3-11-5-7-13-8-6-12-4-2-10;1-6(8)5-7(2,3)4;/h11-13H,1-10H2;6,8H,5H2,1-4H3;1H/q;+1;/p-1. The number of hydrogen-bond donors (Lipinski definition) is 6. The van der Waals surface area contributed by atoms with Gasteiger partial charge < -0.3 is 49.4 Å². The summed E-state index contributed by atoms with van der Waals surface area (Å²) in [6.45, 7) is 9.77. The minimum Gasteiger partial charge on any atom is -1.00 e. The van der Waals surface area contributed by atoms with Crippen LogP contribution in [0.3, 0.4) is 0 Å². The number of quaternary nitrogens is 1. The lowest BCUT2D eigenvalue weighted by Gasteiger charge is -2.24. The Morgan fingerprint density at radius 3 is 1.32 bits per heavy atom. The highest BCUT2D eigenvalue weighted by atomic mass is 35.5. The molecule has 0 heterocycles. The van der Waals surface area contributed by atoms with E-state index in [0.717, 1.165) is 50.3 Å². The molecule has 0 saturated carbocycles. The van der Waals surface area contributed by atoms with Crippen molar-refractivity contribution >= 4 is 0 Å². The number of rotatable bonds is 12. The molecule has 0 amide bonds. The van der Waals surface area contributed by atoms with Gasteiger partial charge in [-0.3, -0.25) is 0 Å². The fourth-order valence-corrected chi connectivity index (χ4v) is 1.73. The van der Waals surface area contributed by atoms with Gasteiger partial charge in [0.25, 0.3) is 0 Å². The van der Waals surface area contributed by atoms with E-state index >= 15 is 0 Å². The maximum Gasteiger partial charge on any atom is 0.104 e. The predicted molar refractivity (Wildman–Crippen MR) is 91.3 cm³/mol. The molecule has 8 N–H and O–H groups in total. The monoisotopic (exact) mass is 342 g/mol. The number of hydrogen-bond acceptors (Lipinski definition) is 6. The smallest absolute Gasteiger partial charge is 0.104 e. The van der Waals surface area contributed by atoms with Crippen molar-refractivity contribution in [3.05, 3.63) is 0 Å². The molecule has 0 aliphatic rings. The first-order valence-corrected chi connectivity index (χ1v) is 7.84. The summed E-state index contributed by atoms with van der Waals surface area (Å²) in [5, 5.41) is 18.6. The maximum absolute atomic E-state index is 8.87. The van der Waals surface area contributed by atoms with Gasteiger partial charge >= 0.3 is 0 Å². The number of aliphatic hydroxyl groups excluding tert-OH is 1. The van der Waals surface area contributed by atoms with E-state index in [1.54, 1.807) is 0 Å². The number of nitrogens with one attached hydrogen (secondary N) is 3. The van der Waals surface area contributed by atoms with E-state index in [9.17, 15) is 0 Å². The molecule has 0 rings (SSSR count). The van der Waals surface area contributed by atoms with Crippen molar-refractivity contribution in [1.82, 2.24) is 16.0 Å². The van der Waals surface area contributed by atoms with Crippen LogP contribution in [0.4, 0.5) is 0 Å². The highest BCUT2D eigenvalue weighted by Gasteiger charge is 2.09. The molecule has 8 heteroatoms. The summed E-state index contributed by atoms with van der Waals surface area (Å²) in [6, 6.07) is 0. The minimum absolute atomic E-state index is 0. The number of likely N-dealkylation sites (N-methyl/N-ethyl adjacent to an activating group) is 1. The average molecular weight is 343 g/mol. The van der Waals surface area contributed by atoms with Crippen LogP contribution in [0.5, 0.6) is 0 Å². The van der Waals surface area contributed by atoms with Crippen LogP contribution in [0.15, 0.2) is 0 Å². The molecule has 0 aliphatic heterocycles. The molecule has 1 atom stereocenters. The quantitative estimate of drug-likeness (QED) is 0.156. The van der Waals surface area contributed by atoms with Crippen molar-refractivity contribution < 1.29 is 22.0 Å². The molecule has 0 radical (unpaired) electrons. The van der Waals surface area contributed by atoms with Gasteiger partial charge in [-0.05, 0) is 6.92 Å². The predicted octanol–water partition coefficient (Wildman–Crippen LogP) is -5.25. The Bertz CT molecular complexity index is 192. The minimum atomic E-state index is -0.185. The molecule has 22 heavy (non-hydrogen) atoms. The van der Waals surface area contributed by atoms with Crippen LogP contribution in [0, 0.1) is 0 Å². The Morgan fingerprint density at radius 2 is 1.14 bits per heavy atom. The SMILES string of the molecule is CC(O)C[N+](C)(C)C.NCCNCCNCCNCCN.[Cl-]. The van der Waals surface area contributed by atoms with Crippen molar-refractivity contribution in [2.45, 2.75) is 13.0 Å². The number of aliphatic hydroxyl groups is 1. The zero-order valence-electron chi connectivity index (χ0n) is 14.9. The second-order valence-electron chi connectivity index (χ2n) is 6.15. The second-order valence-corrected chi connectivity index (χ2v) is 6.15. The number of nitrogens with zero attached hydrogens (tertiary/aromatic N) is 1. The molecular formula is C14H39ClN6O. The van der Waals surface area contributed by atoms with Crippen molar-refractivity contribution in [1.29, 1.82) is 0 Å². The van der Waals surface area contributed by atoms with E-state index in [2.05, 4.69) is 37.1 Å². The number of nitrogens with two attached hydrogens (primary N) is 2. The summed E-state index contributed by atoms with van der Waals surface area (Å²) in [7, 11) is 6.19. The zero-order valence-corrected chi connectivity index (χ0v) is 15.6. The summed E-state index contributed by atoms with van der Waals surface area (Å²) in [5.41, 5.74) is 10.6. The molecule has 0 bridgehead atoms. The zero-order chi connectivity index (χ0) is 16.6. The summed E-state index contributed by atoms with van der Waals surface area (Å²) in [5.74, 6) is 0. The Balaban J connectivity index is -0.000000348. The fraction of sp³-hybridized carbons (Fsp3) is 1.00. The maximum atomic E-state index is 8.87. The first kappa shape index (κ1) is 26.9. The Labute approximate surface area is 143 Å². The lowest BCUT2D eigenvalue weighted by molar-refractivity contribution is -0.873.